The van der Waals surface area contributed by atoms with E-state index >= 15 is 0 Å². The van der Waals surface area contributed by atoms with Gasteiger partial charge < -0.3 is 10.1 Å². The van der Waals surface area contributed by atoms with E-state index in [4.69, 9.17) is 27.9 Å². The van der Waals surface area contributed by atoms with Crippen molar-refractivity contribution in [3.05, 3.63) is 69.5 Å². The Morgan fingerprint density at radius 1 is 1.12 bits per heavy atom. The zero-order chi connectivity index (χ0) is 18.4. The van der Waals surface area contributed by atoms with Gasteiger partial charge in [0.2, 0.25) is 0 Å². The fourth-order valence-electron chi connectivity index (χ4n) is 2.03. The zero-order valence-electron chi connectivity index (χ0n) is 13.4. The molecule has 132 valence electrons. The number of halogens is 3. The zero-order valence-corrected chi connectivity index (χ0v) is 14.9. The first-order valence-electron chi connectivity index (χ1n) is 7.55. The molecule has 0 heterocycles. The minimum absolute atomic E-state index is 0.209. The van der Waals surface area contributed by atoms with E-state index in [9.17, 15) is 14.0 Å². The molecule has 0 radical (unpaired) electrons. The Kier molecular flexibility index (Phi) is 6.79. The number of nitrogens with one attached hydrogen (secondary N) is 1. The molecule has 25 heavy (non-hydrogen) atoms. The fraction of sp³-hybridized carbons (Fsp3) is 0.222. The van der Waals surface area contributed by atoms with Crippen molar-refractivity contribution in [1.82, 2.24) is 5.32 Å². The van der Waals surface area contributed by atoms with Crippen molar-refractivity contribution in [3.8, 4) is 0 Å². The third-order valence-electron chi connectivity index (χ3n) is 3.43. The first-order valence-corrected chi connectivity index (χ1v) is 8.30. The van der Waals surface area contributed by atoms with Crippen LogP contribution >= 0.6 is 23.2 Å². The maximum absolute atomic E-state index is 12.8. The van der Waals surface area contributed by atoms with Crippen LogP contribution in [0.25, 0.3) is 0 Å². The van der Waals surface area contributed by atoms with Crippen molar-refractivity contribution in [2.75, 3.05) is 6.54 Å². The van der Waals surface area contributed by atoms with Gasteiger partial charge in [0.1, 0.15) is 5.82 Å². The molecule has 2 rings (SSSR count). The summed E-state index contributed by atoms with van der Waals surface area (Å²) in [4.78, 5) is 24.0. The SMILES string of the molecule is CC(OC(=O)c1ccc(Cl)c(Cl)c1)C(=O)NCCc1ccc(F)cc1. The monoisotopic (exact) mass is 383 g/mol. The molecule has 2 aromatic carbocycles. The van der Waals surface area contributed by atoms with Gasteiger partial charge in [0.05, 0.1) is 15.6 Å². The van der Waals surface area contributed by atoms with Gasteiger partial charge in [-0.1, -0.05) is 35.3 Å². The van der Waals surface area contributed by atoms with Crippen molar-refractivity contribution in [3.63, 3.8) is 0 Å². The second kappa shape index (κ2) is 8.83. The number of carbonyl (C=O) groups excluding carboxylic acids is 2. The topological polar surface area (TPSA) is 55.4 Å². The van der Waals surface area contributed by atoms with Crippen LogP contribution in [0.3, 0.4) is 0 Å². The Hall–Kier alpha value is -2.11. The van der Waals surface area contributed by atoms with Gasteiger partial charge in [-0.2, -0.15) is 0 Å². The van der Waals surface area contributed by atoms with Crippen molar-refractivity contribution >= 4 is 35.1 Å². The summed E-state index contributed by atoms with van der Waals surface area (Å²) in [5.74, 6) is -1.40. The molecule has 0 aliphatic heterocycles. The highest BCUT2D eigenvalue weighted by molar-refractivity contribution is 6.42. The molecule has 2 aromatic rings. The molecule has 0 saturated heterocycles. The molecule has 0 spiro atoms. The fourth-order valence-corrected chi connectivity index (χ4v) is 2.33. The molecule has 0 aromatic heterocycles. The summed E-state index contributed by atoms with van der Waals surface area (Å²) in [5, 5.41) is 3.22. The van der Waals surface area contributed by atoms with E-state index < -0.39 is 18.0 Å². The lowest BCUT2D eigenvalue weighted by atomic mass is 10.1. The molecule has 0 bridgehead atoms. The summed E-state index contributed by atoms with van der Waals surface area (Å²) < 4.78 is 17.9. The van der Waals surface area contributed by atoms with E-state index in [1.165, 1.54) is 37.3 Å². The molecule has 0 aliphatic carbocycles. The molecule has 1 N–H and O–H groups in total. The second-order valence-electron chi connectivity index (χ2n) is 5.34. The summed E-state index contributed by atoms with van der Waals surface area (Å²) in [6.45, 7) is 1.82. The number of benzene rings is 2. The molecule has 1 atom stereocenters. The lowest BCUT2D eigenvalue weighted by Gasteiger charge is -2.14. The van der Waals surface area contributed by atoms with Crippen LogP contribution in [0, 0.1) is 5.82 Å². The summed E-state index contributed by atoms with van der Waals surface area (Å²) in [6.07, 6.45) is -0.422. The molecule has 7 heteroatoms. The molecular weight excluding hydrogens is 368 g/mol. The van der Waals surface area contributed by atoms with Crippen LogP contribution in [-0.2, 0) is 16.0 Å². The van der Waals surface area contributed by atoms with Crippen LogP contribution in [-0.4, -0.2) is 24.5 Å². The van der Waals surface area contributed by atoms with Crippen LogP contribution < -0.4 is 5.32 Å². The quantitative estimate of drug-likeness (QED) is 0.765. The number of hydrogen-bond acceptors (Lipinski definition) is 3. The van der Waals surface area contributed by atoms with Crippen LogP contribution in [0.5, 0.6) is 0 Å². The molecule has 4 nitrogen and oxygen atoms in total. The molecule has 1 amide bonds. The van der Waals surface area contributed by atoms with Crippen molar-refractivity contribution < 1.29 is 18.7 Å². The highest BCUT2D eigenvalue weighted by Crippen LogP contribution is 2.23. The second-order valence-corrected chi connectivity index (χ2v) is 6.16. The maximum atomic E-state index is 12.8. The van der Waals surface area contributed by atoms with Gasteiger partial charge >= 0.3 is 5.97 Å². The first kappa shape index (κ1) is 19.2. The first-order chi connectivity index (χ1) is 11.9. The van der Waals surface area contributed by atoms with E-state index in [-0.39, 0.29) is 16.4 Å². The van der Waals surface area contributed by atoms with Crippen LogP contribution in [0.15, 0.2) is 42.5 Å². The number of amides is 1. The average molecular weight is 384 g/mol. The number of ether oxygens (including phenoxy) is 1. The van der Waals surface area contributed by atoms with Crippen LogP contribution in [0.4, 0.5) is 4.39 Å². The van der Waals surface area contributed by atoms with Gasteiger partial charge in [-0.25, -0.2) is 9.18 Å². The molecular formula is C18H16Cl2FNO3. The van der Waals surface area contributed by atoms with E-state index in [1.807, 2.05) is 0 Å². The van der Waals surface area contributed by atoms with Crippen molar-refractivity contribution in [1.29, 1.82) is 0 Å². The third kappa shape index (κ3) is 5.73. The molecule has 0 aliphatic rings. The Labute approximate surface area is 154 Å². The Balaban J connectivity index is 1.81. The van der Waals surface area contributed by atoms with E-state index in [0.717, 1.165) is 5.56 Å². The van der Waals surface area contributed by atoms with Crippen LogP contribution in [0.2, 0.25) is 10.0 Å². The van der Waals surface area contributed by atoms with Gasteiger partial charge in [-0.05, 0) is 49.2 Å². The highest BCUT2D eigenvalue weighted by Gasteiger charge is 2.19. The highest BCUT2D eigenvalue weighted by atomic mass is 35.5. The Bertz CT molecular complexity index is 765. The summed E-state index contributed by atoms with van der Waals surface area (Å²) >= 11 is 11.6. The van der Waals surface area contributed by atoms with E-state index in [0.29, 0.717) is 18.0 Å². The van der Waals surface area contributed by atoms with Crippen molar-refractivity contribution in [2.45, 2.75) is 19.4 Å². The minimum Gasteiger partial charge on any atom is -0.449 e. The lowest BCUT2D eigenvalue weighted by molar-refractivity contribution is -0.129. The average Bonchev–Trinajstić information content (AvgIpc) is 2.58. The van der Waals surface area contributed by atoms with Gasteiger partial charge in [0, 0.05) is 6.54 Å². The largest absolute Gasteiger partial charge is 0.449 e. The number of esters is 1. The molecule has 1 unspecified atom stereocenters. The number of hydrogen-bond donors (Lipinski definition) is 1. The Morgan fingerprint density at radius 3 is 2.44 bits per heavy atom. The molecule has 0 fully saturated rings. The molecule has 0 saturated carbocycles. The number of carbonyl (C=O) groups is 2. The van der Waals surface area contributed by atoms with Gasteiger partial charge in [-0.15, -0.1) is 0 Å². The van der Waals surface area contributed by atoms with Crippen LogP contribution in [0.1, 0.15) is 22.8 Å². The van der Waals surface area contributed by atoms with E-state index in [2.05, 4.69) is 5.32 Å². The third-order valence-corrected chi connectivity index (χ3v) is 4.17. The summed E-state index contributed by atoms with van der Waals surface area (Å²) in [5.41, 5.74) is 1.10. The number of rotatable bonds is 6. The standard InChI is InChI=1S/C18H16Cl2FNO3/c1-11(25-18(24)13-4-7-15(19)16(20)10-13)17(23)22-9-8-12-2-5-14(21)6-3-12/h2-7,10-11H,8-9H2,1H3,(H,22,23). The van der Waals surface area contributed by atoms with Gasteiger partial charge in [0.25, 0.3) is 5.91 Å². The van der Waals surface area contributed by atoms with Gasteiger partial charge in [0.15, 0.2) is 6.10 Å². The smallest absolute Gasteiger partial charge is 0.338 e. The predicted octanol–water partition coefficient (Wildman–Crippen LogP) is 4.04. The van der Waals surface area contributed by atoms with E-state index in [1.54, 1.807) is 12.1 Å². The normalized spacial score (nSPS) is 11.7. The van der Waals surface area contributed by atoms with Gasteiger partial charge in [-0.3, -0.25) is 4.79 Å². The lowest BCUT2D eigenvalue weighted by Crippen LogP contribution is -2.36. The maximum Gasteiger partial charge on any atom is 0.338 e. The summed E-state index contributed by atoms with van der Waals surface area (Å²) in [6, 6.07) is 10.3. The summed E-state index contributed by atoms with van der Waals surface area (Å²) in [7, 11) is 0. The Morgan fingerprint density at radius 2 is 1.80 bits per heavy atom. The van der Waals surface area contributed by atoms with Crippen molar-refractivity contribution in [2.24, 2.45) is 0 Å². The minimum atomic E-state index is -0.963. The predicted molar refractivity (Wildman–Crippen MR) is 94.5 cm³/mol.